The first-order chi connectivity index (χ1) is 2.27. The van der Waals surface area contributed by atoms with E-state index in [1.54, 1.807) is 11.8 Å². The van der Waals surface area contributed by atoms with Crippen LogP contribution in [0.1, 0.15) is 6.92 Å². The van der Waals surface area contributed by atoms with Gasteiger partial charge in [0.2, 0.25) is 0 Å². The van der Waals surface area contributed by atoms with Crippen molar-refractivity contribution in [3.05, 3.63) is 6.92 Å². The SMILES string of the molecule is [CH]C(C)SC. The number of hydrogen-bond acceptors (Lipinski definition) is 1. The molecule has 0 aromatic carbocycles. The Kier molecular flexibility index (Phi) is 2.76. The summed E-state index contributed by atoms with van der Waals surface area (Å²) in [7, 11) is 0. The second kappa shape index (κ2) is 2.58. The normalized spacial score (nSPS) is 9.60. The maximum atomic E-state index is 5.25. The first kappa shape index (κ1) is 5.35. The average Bonchev–Trinajstić information content (AvgIpc) is 1.38. The minimum Gasteiger partial charge on any atom is -0.162 e. The summed E-state index contributed by atoms with van der Waals surface area (Å²) in [6.45, 7) is 7.22. The first-order valence-electron chi connectivity index (χ1n) is 1.55. The number of hydrogen-bond donors (Lipinski definition) is 0. The second-order valence-corrected chi connectivity index (χ2v) is 2.16. The van der Waals surface area contributed by atoms with Crippen LogP contribution in [-0.4, -0.2) is 11.5 Å². The third-order valence-corrected chi connectivity index (χ3v) is 1.12. The van der Waals surface area contributed by atoms with Crippen LogP contribution in [0.2, 0.25) is 0 Å². The van der Waals surface area contributed by atoms with Crippen LogP contribution in [0.25, 0.3) is 0 Å². The van der Waals surface area contributed by atoms with Crippen molar-refractivity contribution < 1.29 is 0 Å². The third-order valence-electron chi connectivity index (χ3n) is 0.372. The van der Waals surface area contributed by atoms with Gasteiger partial charge in [-0.1, -0.05) is 6.92 Å². The molecule has 1 unspecified atom stereocenters. The standard InChI is InChI=1S/C4H8S/c1-4(2)5-3/h1,4H,2-3H3. The molecule has 2 radical (unpaired) electrons. The molecule has 0 aliphatic heterocycles. The van der Waals surface area contributed by atoms with E-state index in [2.05, 4.69) is 0 Å². The Morgan fingerprint density at radius 2 is 2.00 bits per heavy atom. The van der Waals surface area contributed by atoms with Crippen molar-refractivity contribution in [2.45, 2.75) is 12.2 Å². The molecule has 1 atom stereocenters. The van der Waals surface area contributed by atoms with Crippen molar-refractivity contribution in [3.8, 4) is 0 Å². The zero-order valence-corrected chi connectivity index (χ0v) is 4.38. The van der Waals surface area contributed by atoms with Gasteiger partial charge in [-0.25, -0.2) is 0 Å². The highest BCUT2D eigenvalue weighted by molar-refractivity contribution is 7.99. The molecule has 0 spiro atoms. The van der Waals surface area contributed by atoms with Crippen LogP contribution in [0.5, 0.6) is 0 Å². The Balaban J connectivity index is 2.54. The molecular formula is C4H8S. The Bertz CT molecular complexity index is 17.6. The molecule has 0 heterocycles. The molecule has 1 heteroatoms. The Hall–Kier alpha value is 0.350. The van der Waals surface area contributed by atoms with E-state index >= 15 is 0 Å². The largest absolute Gasteiger partial charge is 0.162 e. The van der Waals surface area contributed by atoms with Gasteiger partial charge in [-0.05, 0) is 13.2 Å². The summed E-state index contributed by atoms with van der Waals surface area (Å²) in [6, 6.07) is 0. The summed E-state index contributed by atoms with van der Waals surface area (Å²) in [5, 5.41) is 0.301. The van der Waals surface area contributed by atoms with E-state index in [-0.39, 0.29) is 0 Å². The zero-order valence-electron chi connectivity index (χ0n) is 3.56. The first-order valence-corrected chi connectivity index (χ1v) is 2.84. The van der Waals surface area contributed by atoms with E-state index in [0.717, 1.165) is 0 Å². The van der Waals surface area contributed by atoms with E-state index in [1.165, 1.54) is 0 Å². The van der Waals surface area contributed by atoms with Gasteiger partial charge in [-0.3, -0.25) is 0 Å². The maximum Gasteiger partial charge on any atom is 0.00505 e. The summed E-state index contributed by atoms with van der Waals surface area (Å²) in [5.41, 5.74) is 0. The molecule has 0 aliphatic carbocycles. The van der Waals surface area contributed by atoms with Crippen LogP contribution in [0.3, 0.4) is 0 Å². The van der Waals surface area contributed by atoms with E-state index in [4.69, 9.17) is 6.92 Å². The number of thioether (sulfide) groups is 1. The van der Waals surface area contributed by atoms with Gasteiger partial charge < -0.3 is 0 Å². The lowest BCUT2D eigenvalue weighted by Crippen LogP contribution is -1.80. The topological polar surface area (TPSA) is 0 Å². The van der Waals surface area contributed by atoms with Crippen molar-refractivity contribution in [1.82, 2.24) is 0 Å². The molecule has 0 saturated carbocycles. The quantitative estimate of drug-likeness (QED) is 0.467. The molecule has 0 bridgehead atoms. The molecule has 0 nitrogen and oxygen atoms in total. The molecule has 0 N–H and O–H groups in total. The van der Waals surface area contributed by atoms with Gasteiger partial charge in [0, 0.05) is 5.25 Å². The molecule has 0 aromatic rings. The van der Waals surface area contributed by atoms with Gasteiger partial charge in [-0.15, -0.1) is 0 Å². The van der Waals surface area contributed by atoms with E-state index in [9.17, 15) is 0 Å². The lowest BCUT2D eigenvalue weighted by molar-refractivity contribution is 1.25. The average molecular weight is 88.2 g/mol. The lowest BCUT2D eigenvalue weighted by atomic mass is 10.6. The fraction of sp³-hybridized carbons (Fsp3) is 0.750. The summed E-state index contributed by atoms with van der Waals surface area (Å²) < 4.78 is 0. The summed E-state index contributed by atoms with van der Waals surface area (Å²) in [4.78, 5) is 0. The van der Waals surface area contributed by atoms with Crippen LogP contribution in [0, 0.1) is 6.92 Å². The van der Waals surface area contributed by atoms with Gasteiger partial charge in [0.15, 0.2) is 0 Å². The highest BCUT2D eigenvalue weighted by Gasteiger charge is 1.80. The van der Waals surface area contributed by atoms with Crippen molar-refractivity contribution in [2.75, 3.05) is 6.26 Å². The fourth-order valence-corrected chi connectivity index (χ4v) is 0. The van der Waals surface area contributed by atoms with Crippen LogP contribution < -0.4 is 0 Å². The van der Waals surface area contributed by atoms with Crippen LogP contribution in [-0.2, 0) is 0 Å². The molecule has 0 saturated heterocycles. The van der Waals surface area contributed by atoms with Gasteiger partial charge >= 0.3 is 0 Å². The summed E-state index contributed by atoms with van der Waals surface area (Å²) in [5.74, 6) is 0. The lowest BCUT2D eigenvalue weighted by Gasteiger charge is -1.90. The predicted molar refractivity (Wildman–Crippen MR) is 27.3 cm³/mol. The monoisotopic (exact) mass is 88.0 g/mol. The fourth-order valence-electron chi connectivity index (χ4n) is 0. The van der Waals surface area contributed by atoms with Gasteiger partial charge in [-0.2, -0.15) is 11.8 Å². The smallest absolute Gasteiger partial charge is 0.00505 e. The summed E-state index contributed by atoms with van der Waals surface area (Å²) in [6.07, 6.45) is 1.99. The molecule has 0 fully saturated rings. The van der Waals surface area contributed by atoms with E-state index in [0.29, 0.717) is 5.25 Å². The molecular weight excluding hydrogens is 80.1 g/mol. The number of rotatable bonds is 1. The van der Waals surface area contributed by atoms with Crippen LogP contribution in [0.4, 0.5) is 0 Å². The van der Waals surface area contributed by atoms with E-state index < -0.39 is 0 Å². The second-order valence-electron chi connectivity index (χ2n) is 0.941. The maximum absolute atomic E-state index is 5.25. The molecule has 5 heavy (non-hydrogen) atoms. The molecule has 30 valence electrons. The van der Waals surface area contributed by atoms with Crippen LogP contribution >= 0.6 is 11.8 Å². The Morgan fingerprint density at radius 3 is 2.00 bits per heavy atom. The Labute approximate surface area is 38.0 Å². The minimum absolute atomic E-state index is 0.301. The van der Waals surface area contributed by atoms with Gasteiger partial charge in [0.05, 0.1) is 0 Å². The zero-order chi connectivity index (χ0) is 4.28. The molecule has 0 aliphatic rings. The summed E-state index contributed by atoms with van der Waals surface area (Å²) >= 11 is 1.66. The van der Waals surface area contributed by atoms with Crippen molar-refractivity contribution in [3.63, 3.8) is 0 Å². The van der Waals surface area contributed by atoms with Gasteiger partial charge in [0.1, 0.15) is 0 Å². The Morgan fingerprint density at radius 1 is 1.80 bits per heavy atom. The molecule has 0 rings (SSSR count). The minimum atomic E-state index is 0.301. The highest BCUT2D eigenvalue weighted by atomic mass is 32.2. The van der Waals surface area contributed by atoms with E-state index in [1.807, 2.05) is 13.2 Å². The molecule has 0 amide bonds. The van der Waals surface area contributed by atoms with Gasteiger partial charge in [0.25, 0.3) is 0 Å². The predicted octanol–water partition coefficient (Wildman–Crippen LogP) is 1.45. The van der Waals surface area contributed by atoms with Crippen LogP contribution in [0.15, 0.2) is 0 Å². The van der Waals surface area contributed by atoms with Crippen molar-refractivity contribution in [2.24, 2.45) is 0 Å². The van der Waals surface area contributed by atoms with Crippen molar-refractivity contribution >= 4 is 11.8 Å². The van der Waals surface area contributed by atoms with Crippen molar-refractivity contribution in [1.29, 1.82) is 0 Å². The molecule has 0 aromatic heterocycles. The highest BCUT2D eigenvalue weighted by Crippen LogP contribution is 1.99. The third kappa shape index (κ3) is 4.35.